The minimum atomic E-state index is -0.261. The molecule has 2 aromatic carbocycles. The van der Waals surface area contributed by atoms with Crippen LogP contribution in [0.25, 0.3) is 22.4 Å². The van der Waals surface area contributed by atoms with Crippen LogP contribution in [0, 0.1) is 18.3 Å². The number of piperidine rings is 1. The molecular weight excluding hydrogens is 402 g/mol. The van der Waals surface area contributed by atoms with Crippen LogP contribution in [0.15, 0.2) is 57.7 Å². The average molecular weight is 425 g/mol. The van der Waals surface area contributed by atoms with E-state index in [9.17, 15) is 10.1 Å². The predicted molar refractivity (Wildman–Crippen MR) is 123 cm³/mol. The van der Waals surface area contributed by atoms with Gasteiger partial charge in [0, 0.05) is 37.0 Å². The smallest absolute Gasteiger partial charge is 0.270 e. The van der Waals surface area contributed by atoms with Gasteiger partial charge in [0.15, 0.2) is 0 Å². The van der Waals surface area contributed by atoms with Crippen molar-refractivity contribution in [1.29, 1.82) is 5.26 Å². The number of benzene rings is 2. The Kier molecular flexibility index (Phi) is 4.98. The Balaban J connectivity index is 1.41. The highest BCUT2D eigenvalue weighted by molar-refractivity contribution is 5.94. The second-order valence-corrected chi connectivity index (χ2v) is 8.29. The second-order valence-electron chi connectivity index (χ2n) is 8.29. The number of para-hydroxylation sites is 1. The number of hydrogen-bond donors (Lipinski definition) is 0. The molecule has 5 rings (SSSR count). The van der Waals surface area contributed by atoms with Crippen molar-refractivity contribution in [2.75, 3.05) is 18.0 Å². The molecule has 4 aromatic rings. The monoisotopic (exact) mass is 425 g/mol. The molecule has 0 unspecified atom stereocenters. The van der Waals surface area contributed by atoms with Gasteiger partial charge in [0.1, 0.15) is 11.6 Å². The quantitative estimate of drug-likeness (QED) is 0.490. The van der Waals surface area contributed by atoms with Crippen LogP contribution in [0.3, 0.4) is 0 Å². The first kappa shape index (κ1) is 20.0. The average Bonchev–Trinajstić information content (AvgIpc) is 3.32. The van der Waals surface area contributed by atoms with Crippen LogP contribution in [0.1, 0.15) is 35.8 Å². The van der Waals surface area contributed by atoms with Gasteiger partial charge in [-0.25, -0.2) is 0 Å². The number of aryl methyl sites for hydroxylation is 2. The van der Waals surface area contributed by atoms with Gasteiger partial charge in [-0.2, -0.15) is 5.26 Å². The predicted octanol–water partition coefficient (Wildman–Crippen LogP) is 4.15. The molecule has 7 nitrogen and oxygen atoms in total. The minimum Gasteiger partial charge on any atom is -0.420 e. The SMILES string of the molecule is Cc1ccc(-c2nnc(C3CCN(c4c(C#N)c(=O)n(C)c5ccccc45)CC3)o2)cc1. The van der Waals surface area contributed by atoms with Crippen molar-refractivity contribution in [2.45, 2.75) is 25.7 Å². The van der Waals surface area contributed by atoms with Gasteiger partial charge in [-0.3, -0.25) is 4.79 Å². The fourth-order valence-electron chi connectivity index (χ4n) is 4.47. The first-order chi connectivity index (χ1) is 15.6. The lowest BCUT2D eigenvalue weighted by Crippen LogP contribution is -2.35. The Hall–Kier alpha value is -3.92. The topological polar surface area (TPSA) is 88.0 Å². The number of fused-ring (bicyclic) bond motifs is 1. The molecule has 0 bridgehead atoms. The Bertz CT molecular complexity index is 1390. The highest BCUT2D eigenvalue weighted by Gasteiger charge is 2.28. The number of anilines is 1. The van der Waals surface area contributed by atoms with Crippen molar-refractivity contribution in [1.82, 2.24) is 14.8 Å². The van der Waals surface area contributed by atoms with Gasteiger partial charge in [-0.15, -0.1) is 10.2 Å². The molecule has 1 aliphatic rings. The number of pyridine rings is 1. The lowest BCUT2D eigenvalue weighted by Gasteiger charge is -2.33. The largest absolute Gasteiger partial charge is 0.420 e. The van der Waals surface area contributed by atoms with Crippen LogP contribution in [0.4, 0.5) is 5.69 Å². The highest BCUT2D eigenvalue weighted by atomic mass is 16.4. The maximum Gasteiger partial charge on any atom is 0.270 e. The molecule has 1 aliphatic heterocycles. The van der Waals surface area contributed by atoms with E-state index in [1.54, 1.807) is 11.6 Å². The summed E-state index contributed by atoms with van der Waals surface area (Å²) in [4.78, 5) is 15.0. The van der Waals surface area contributed by atoms with E-state index in [-0.39, 0.29) is 17.0 Å². The van der Waals surface area contributed by atoms with Crippen molar-refractivity contribution in [3.8, 4) is 17.5 Å². The van der Waals surface area contributed by atoms with E-state index in [2.05, 4.69) is 21.2 Å². The van der Waals surface area contributed by atoms with Crippen molar-refractivity contribution in [3.05, 3.63) is 75.9 Å². The molecule has 0 N–H and O–H groups in total. The van der Waals surface area contributed by atoms with Gasteiger partial charge in [-0.1, -0.05) is 35.9 Å². The summed E-state index contributed by atoms with van der Waals surface area (Å²) in [6, 6.07) is 17.9. The molecule has 0 atom stereocenters. The number of nitrogens with zero attached hydrogens (tertiary/aromatic N) is 5. The molecule has 1 saturated heterocycles. The maximum absolute atomic E-state index is 12.8. The summed E-state index contributed by atoms with van der Waals surface area (Å²) in [5, 5.41) is 19.2. The molecule has 0 spiro atoms. The summed E-state index contributed by atoms with van der Waals surface area (Å²) in [6.07, 6.45) is 1.62. The number of rotatable bonds is 3. The molecule has 7 heteroatoms. The van der Waals surface area contributed by atoms with E-state index < -0.39 is 0 Å². The summed E-state index contributed by atoms with van der Waals surface area (Å²) in [5.41, 5.74) is 3.59. The lowest BCUT2D eigenvalue weighted by molar-refractivity contribution is 0.398. The zero-order valence-corrected chi connectivity index (χ0v) is 18.1. The summed E-state index contributed by atoms with van der Waals surface area (Å²) in [7, 11) is 1.71. The van der Waals surface area contributed by atoms with Gasteiger partial charge in [-0.05, 0) is 38.0 Å². The lowest BCUT2D eigenvalue weighted by atomic mass is 9.95. The van der Waals surface area contributed by atoms with E-state index in [1.165, 1.54) is 5.56 Å². The van der Waals surface area contributed by atoms with Crippen LogP contribution in [-0.4, -0.2) is 27.9 Å². The van der Waals surface area contributed by atoms with E-state index in [4.69, 9.17) is 4.42 Å². The van der Waals surface area contributed by atoms with Crippen LogP contribution in [0.2, 0.25) is 0 Å². The van der Waals surface area contributed by atoms with E-state index in [0.717, 1.165) is 35.0 Å². The normalized spacial score (nSPS) is 14.6. The van der Waals surface area contributed by atoms with E-state index >= 15 is 0 Å². The Morgan fingerprint density at radius 2 is 1.78 bits per heavy atom. The summed E-state index contributed by atoms with van der Waals surface area (Å²) < 4.78 is 7.54. The molecule has 160 valence electrons. The van der Waals surface area contributed by atoms with Crippen molar-refractivity contribution >= 4 is 16.6 Å². The third-order valence-corrected chi connectivity index (χ3v) is 6.29. The Morgan fingerprint density at radius 3 is 2.50 bits per heavy atom. The van der Waals surface area contributed by atoms with E-state index in [0.29, 0.717) is 24.9 Å². The standard InChI is InChI=1S/C25H23N5O2/c1-16-7-9-17(10-8-16)23-27-28-24(32-23)18-11-13-30(14-12-18)22-19-5-3-4-6-21(19)29(2)25(31)20(22)15-26/h3-10,18H,11-14H2,1-2H3. The number of aromatic nitrogens is 3. The summed E-state index contributed by atoms with van der Waals surface area (Å²) in [6.45, 7) is 3.46. The molecule has 3 heterocycles. The van der Waals surface area contributed by atoms with Gasteiger partial charge < -0.3 is 13.9 Å². The first-order valence-electron chi connectivity index (χ1n) is 10.7. The van der Waals surface area contributed by atoms with Crippen LogP contribution >= 0.6 is 0 Å². The van der Waals surface area contributed by atoms with Crippen molar-refractivity contribution in [3.63, 3.8) is 0 Å². The van der Waals surface area contributed by atoms with Crippen molar-refractivity contribution in [2.24, 2.45) is 7.05 Å². The molecule has 1 fully saturated rings. The molecule has 2 aromatic heterocycles. The third kappa shape index (κ3) is 3.34. The highest BCUT2D eigenvalue weighted by Crippen LogP contribution is 2.35. The zero-order chi connectivity index (χ0) is 22.2. The number of nitriles is 1. The van der Waals surface area contributed by atoms with Crippen LogP contribution < -0.4 is 10.5 Å². The minimum absolute atomic E-state index is 0.154. The summed E-state index contributed by atoms with van der Waals surface area (Å²) >= 11 is 0. The maximum atomic E-state index is 12.8. The molecule has 0 aliphatic carbocycles. The van der Waals surface area contributed by atoms with Gasteiger partial charge in [0.05, 0.1) is 11.2 Å². The number of hydrogen-bond acceptors (Lipinski definition) is 6. The second kappa shape index (κ2) is 7.97. The fraction of sp³-hybridized carbons (Fsp3) is 0.280. The molecule has 32 heavy (non-hydrogen) atoms. The first-order valence-corrected chi connectivity index (χ1v) is 10.7. The van der Waals surface area contributed by atoms with Gasteiger partial charge in [0.25, 0.3) is 5.56 Å². The Morgan fingerprint density at radius 1 is 1.06 bits per heavy atom. The van der Waals surface area contributed by atoms with E-state index in [1.807, 2.05) is 55.5 Å². The van der Waals surface area contributed by atoms with Gasteiger partial charge in [0.2, 0.25) is 11.8 Å². The molecular formula is C25H23N5O2. The van der Waals surface area contributed by atoms with Gasteiger partial charge >= 0.3 is 0 Å². The molecule has 0 saturated carbocycles. The summed E-state index contributed by atoms with van der Waals surface area (Å²) in [5.74, 6) is 1.34. The molecule has 0 amide bonds. The van der Waals surface area contributed by atoms with Crippen LogP contribution in [-0.2, 0) is 7.05 Å². The molecule has 0 radical (unpaired) electrons. The fourth-order valence-corrected chi connectivity index (χ4v) is 4.47. The van der Waals surface area contributed by atoms with Crippen molar-refractivity contribution < 1.29 is 4.42 Å². The zero-order valence-electron chi connectivity index (χ0n) is 18.1. The van der Waals surface area contributed by atoms with Crippen LogP contribution in [0.5, 0.6) is 0 Å². The third-order valence-electron chi connectivity index (χ3n) is 6.29. The Labute approximate surface area is 185 Å².